The molecular formula is C27H24N4O2S. The molecule has 170 valence electrons. The molecule has 7 heteroatoms. The Labute approximate surface area is 201 Å². The lowest BCUT2D eigenvalue weighted by atomic mass is 9.91. The Morgan fingerprint density at radius 2 is 1.79 bits per heavy atom. The van der Waals surface area contributed by atoms with E-state index in [1.54, 1.807) is 23.4 Å². The number of aromatic nitrogens is 4. The summed E-state index contributed by atoms with van der Waals surface area (Å²) in [7, 11) is 1.64. The zero-order valence-electron chi connectivity index (χ0n) is 18.8. The molecule has 0 N–H and O–H groups in total. The first-order chi connectivity index (χ1) is 16.7. The van der Waals surface area contributed by atoms with Gasteiger partial charge in [-0.25, -0.2) is 0 Å². The van der Waals surface area contributed by atoms with E-state index in [1.165, 1.54) is 11.1 Å². The second kappa shape index (κ2) is 8.65. The summed E-state index contributed by atoms with van der Waals surface area (Å²) in [6.45, 7) is 0.353. The minimum Gasteiger partial charge on any atom is -0.496 e. The summed E-state index contributed by atoms with van der Waals surface area (Å²) in [4.78, 5) is 13.5. The molecule has 1 aliphatic carbocycles. The van der Waals surface area contributed by atoms with Gasteiger partial charge in [0.2, 0.25) is 5.78 Å². The summed E-state index contributed by atoms with van der Waals surface area (Å²) < 4.78 is 9.27. The molecule has 0 spiro atoms. The van der Waals surface area contributed by atoms with Gasteiger partial charge in [0.25, 0.3) is 5.56 Å². The summed E-state index contributed by atoms with van der Waals surface area (Å²) in [5, 5.41) is 10.9. The van der Waals surface area contributed by atoms with Crippen LogP contribution in [0.4, 0.5) is 0 Å². The Morgan fingerprint density at radius 1 is 1.00 bits per heavy atom. The van der Waals surface area contributed by atoms with Crippen LogP contribution in [0.15, 0.2) is 82.7 Å². The van der Waals surface area contributed by atoms with Gasteiger partial charge >= 0.3 is 0 Å². The summed E-state index contributed by atoms with van der Waals surface area (Å²) >= 11 is 1.74. The van der Waals surface area contributed by atoms with Gasteiger partial charge in [0.05, 0.1) is 24.6 Å². The van der Waals surface area contributed by atoms with E-state index in [0.29, 0.717) is 23.0 Å². The van der Waals surface area contributed by atoms with Crippen molar-refractivity contribution in [1.82, 2.24) is 19.2 Å². The number of hydrogen-bond acceptors (Lipinski definition) is 5. The Hall–Kier alpha value is -3.58. The number of methoxy groups -OCH3 is 1. The van der Waals surface area contributed by atoms with Gasteiger partial charge in [-0.1, -0.05) is 66.4 Å². The minimum absolute atomic E-state index is 0.0824. The van der Waals surface area contributed by atoms with Gasteiger partial charge in [0, 0.05) is 10.8 Å². The summed E-state index contributed by atoms with van der Waals surface area (Å²) in [5.41, 5.74) is 4.46. The van der Waals surface area contributed by atoms with E-state index in [4.69, 9.17) is 4.74 Å². The predicted octanol–water partition coefficient (Wildman–Crippen LogP) is 5.27. The van der Waals surface area contributed by atoms with Crippen molar-refractivity contribution in [2.75, 3.05) is 7.11 Å². The lowest BCUT2D eigenvalue weighted by molar-refractivity contribution is 0.408. The van der Waals surface area contributed by atoms with Crippen molar-refractivity contribution >= 4 is 28.4 Å². The largest absolute Gasteiger partial charge is 0.496 e. The molecule has 6 rings (SSSR count). The van der Waals surface area contributed by atoms with E-state index < -0.39 is 0 Å². The first-order valence-electron chi connectivity index (χ1n) is 11.5. The molecule has 0 bridgehead atoms. The van der Waals surface area contributed by atoms with Crippen molar-refractivity contribution in [3.63, 3.8) is 0 Å². The summed E-state index contributed by atoms with van der Waals surface area (Å²) in [6.07, 6.45) is 3.37. The van der Waals surface area contributed by atoms with Crippen LogP contribution in [0.25, 0.3) is 16.7 Å². The van der Waals surface area contributed by atoms with Crippen LogP contribution in [0, 0.1) is 0 Å². The third-order valence-corrected chi connectivity index (χ3v) is 7.81. The average Bonchev–Trinajstić information content (AvgIpc) is 3.30. The molecule has 2 aromatic heterocycles. The molecule has 34 heavy (non-hydrogen) atoms. The highest BCUT2D eigenvalue weighted by atomic mass is 32.2. The average molecular weight is 469 g/mol. The maximum atomic E-state index is 13.5. The molecule has 0 saturated heterocycles. The molecule has 5 aromatic rings. The topological polar surface area (TPSA) is 61.4 Å². The minimum atomic E-state index is -0.0824. The van der Waals surface area contributed by atoms with Crippen LogP contribution in [-0.2, 0) is 13.0 Å². The van der Waals surface area contributed by atoms with E-state index in [-0.39, 0.29) is 5.56 Å². The SMILES string of the molecule is COc1ccccc1Cn1c(=O)c2ccccc2n2c(SC3CCCc4ccccc43)nnc12. The molecule has 0 fully saturated rings. The molecule has 1 atom stereocenters. The monoisotopic (exact) mass is 468 g/mol. The first-order valence-corrected chi connectivity index (χ1v) is 12.4. The number of thioether (sulfide) groups is 1. The van der Waals surface area contributed by atoms with Crippen molar-refractivity contribution < 1.29 is 4.74 Å². The van der Waals surface area contributed by atoms with Crippen molar-refractivity contribution in [2.45, 2.75) is 36.2 Å². The van der Waals surface area contributed by atoms with Crippen molar-refractivity contribution in [3.8, 4) is 5.75 Å². The van der Waals surface area contributed by atoms with Gasteiger partial charge < -0.3 is 4.74 Å². The van der Waals surface area contributed by atoms with Gasteiger partial charge in [-0.2, -0.15) is 0 Å². The molecule has 1 unspecified atom stereocenters. The second-order valence-electron chi connectivity index (χ2n) is 8.54. The van der Waals surface area contributed by atoms with Gasteiger partial charge in [-0.3, -0.25) is 13.8 Å². The molecular weight excluding hydrogens is 444 g/mol. The van der Waals surface area contributed by atoms with Crippen molar-refractivity contribution in [1.29, 1.82) is 0 Å². The van der Waals surface area contributed by atoms with Crippen LogP contribution in [0.5, 0.6) is 5.75 Å². The van der Waals surface area contributed by atoms with Crippen molar-refractivity contribution in [3.05, 3.63) is 99.8 Å². The molecule has 0 radical (unpaired) electrons. The third-order valence-electron chi connectivity index (χ3n) is 6.56. The van der Waals surface area contributed by atoms with E-state index in [1.807, 2.05) is 52.9 Å². The van der Waals surface area contributed by atoms with E-state index in [9.17, 15) is 4.79 Å². The lowest BCUT2D eigenvalue weighted by Gasteiger charge is -2.24. The van der Waals surface area contributed by atoms with Gasteiger partial charge in [0.15, 0.2) is 5.16 Å². The molecule has 3 aromatic carbocycles. The zero-order chi connectivity index (χ0) is 23.1. The van der Waals surface area contributed by atoms with Crippen LogP contribution in [0.2, 0.25) is 0 Å². The van der Waals surface area contributed by atoms with Crippen LogP contribution in [0.1, 0.15) is 34.8 Å². The number of benzene rings is 3. The first kappa shape index (κ1) is 21.0. The molecule has 6 nitrogen and oxygen atoms in total. The fraction of sp³-hybridized carbons (Fsp3) is 0.222. The Morgan fingerprint density at radius 3 is 2.71 bits per heavy atom. The third kappa shape index (κ3) is 3.47. The number of para-hydroxylation sites is 2. The Balaban J connectivity index is 1.52. The number of hydrogen-bond donors (Lipinski definition) is 0. The fourth-order valence-electron chi connectivity index (χ4n) is 4.92. The predicted molar refractivity (Wildman–Crippen MR) is 135 cm³/mol. The van der Waals surface area contributed by atoms with Crippen LogP contribution in [-0.4, -0.2) is 26.3 Å². The van der Waals surface area contributed by atoms with Gasteiger partial charge in [-0.15, -0.1) is 10.2 Å². The van der Waals surface area contributed by atoms with Gasteiger partial charge in [-0.05, 0) is 48.6 Å². The number of aryl methyl sites for hydroxylation is 1. The summed E-state index contributed by atoms with van der Waals surface area (Å²) in [6, 6.07) is 24.1. The molecule has 2 heterocycles. The lowest BCUT2D eigenvalue weighted by Crippen LogP contribution is -2.24. The second-order valence-corrected chi connectivity index (χ2v) is 9.71. The fourth-order valence-corrected chi connectivity index (χ4v) is 6.18. The van der Waals surface area contributed by atoms with Gasteiger partial charge in [0.1, 0.15) is 5.75 Å². The molecule has 0 aliphatic heterocycles. The highest BCUT2D eigenvalue weighted by Crippen LogP contribution is 2.43. The highest BCUT2D eigenvalue weighted by molar-refractivity contribution is 7.99. The standard InChI is InChI=1S/C27H24N4O2S/c1-33-23-15-7-3-10-19(23)17-30-25(32)21-13-5-6-14-22(21)31-26(30)28-29-27(31)34-24-16-8-11-18-9-2-4-12-20(18)24/h2-7,9-10,12-15,24H,8,11,16-17H2,1H3. The maximum Gasteiger partial charge on any atom is 0.263 e. The van der Waals surface area contributed by atoms with E-state index >= 15 is 0 Å². The quantitative estimate of drug-likeness (QED) is 0.352. The van der Waals surface area contributed by atoms with E-state index in [2.05, 4.69) is 34.5 Å². The Bertz CT molecular complexity index is 1570. The number of ether oxygens (including phenoxy) is 1. The maximum absolute atomic E-state index is 13.5. The van der Waals surface area contributed by atoms with Crippen LogP contribution < -0.4 is 10.3 Å². The van der Waals surface area contributed by atoms with Crippen LogP contribution >= 0.6 is 11.8 Å². The highest BCUT2D eigenvalue weighted by Gasteiger charge is 2.25. The molecule has 1 aliphatic rings. The smallest absolute Gasteiger partial charge is 0.263 e. The number of fused-ring (bicyclic) bond motifs is 4. The molecule has 0 saturated carbocycles. The Kier molecular flexibility index (Phi) is 5.34. The normalized spacial score (nSPS) is 15.5. The molecule has 0 amide bonds. The zero-order valence-corrected chi connectivity index (χ0v) is 19.7. The van der Waals surface area contributed by atoms with E-state index in [0.717, 1.165) is 41.2 Å². The summed E-state index contributed by atoms with van der Waals surface area (Å²) in [5.74, 6) is 1.29. The number of nitrogens with zero attached hydrogens (tertiary/aromatic N) is 4. The van der Waals surface area contributed by atoms with Crippen LogP contribution in [0.3, 0.4) is 0 Å². The van der Waals surface area contributed by atoms with Crippen molar-refractivity contribution in [2.24, 2.45) is 0 Å². The number of rotatable bonds is 5.